The first-order valence-corrected chi connectivity index (χ1v) is 8.23. The first-order valence-electron chi connectivity index (χ1n) is 6.75. The Morgan fingerprint density at radius 3 is 2.33 bits per heavy atom. The van der Waals surface area contributed by atoms with Crippen LogP contribution in [0.5, 0.6) is 0 Å². The minimum Gasteiger partial charge on any atom is -0.313 e. The molecule has 0 aliphatic rings. The highest BCUT2D eigenvalue weighted by atomic mass is 32.2. The molecule has 1 aromatic rings. The Morgan fingerprint density at radius 2 is 1.81 bits per heavy atom. The van der Waals surface area contributed by atoms with Crippen LogP contribution in [-0.2, 0) is 16.6 Å². The van der Waals surface area contributed by atoms with Crippen LogP contribution in [0.3, 0.4) is 0 Å². The van der Waals surface area contributed by atoms with Crippen LogP contribution in [0.4, 0.5) is 8.78 Å². The first kappa shape index (κ1) is 18.0. The Kier molecular flexibility index (Phi) is 5.83. The van der Waals surface area contributed by atoms with Gasteiger partial charge in [0.05, 0.1) is 0 Å². The van der Waals surface area contributed by atoms with Crippen LogP contribution < -0.4 is 10.0 Å². The van der Waals surface area contributed by atoms with E-state index >= 15 is 0 Å². The van der Waals surface area contributed by atoms with E-state index in [4.69, 9.17) is 0 Å². The Balaban J connectivity index is 3.12. The monoisotopic (exact) mass is 320 g/mol. The van der Waals surface area contributed by atoms with E-state index in [0.717, 1.165) is 12.1 Å². The molecule has 21 heavy (non-hydrogen) atoms. The lowest BCUT2D eigenvalue weighted by Gasteiger charge is -2.19. The van der Waals surface area contributed by atoms with Crippen molar-refractivity contribution in [2.24, 2.45) is 5.41 Å². The second-order valence-electron chi connectivity index (χ2n) is 6.06. The van der Waals surface area contributed by atoms with Gasteiger partial charge in [-0.1, -0.05) is 27.7 Å². The zero-order valence-electron chi connectivity index (χ0n) is 12.8. The summed E-state index contributed by atoms with van der Waals surface area (Å²) in [6, 6.07) is 2.16. The van der Waals surface area contributed by atoms with Crippen LogP contribution in [0.25, 0.3) is 0 Å². The lowest BCUT2D eigenvalue weighted by molar-refractivity contribution is 0.406. The third kappa shape index (κ3) is 5.33. The fraction of sp³-hybridized carbons (Fsp3) is 0.571. The van der Waals surface area contributed by atoms with Gasteiger partial charge >= 0.3 is 0 Å². The first-order chi connectivity index (χ1) is 9.57. The average Bonchev–Trinajstić information content (AvgIpc) is 2.37. The molecule has 7 heteroatoms. The highest BCUT2D eigenvalue weighted by molar-refractivity contribution is 7.89. The molecular weight excluding hydrogens is 298 g/mol. The maximum Gasteiger partial charge on any atom is 0.243 e. The molecule has 2 N–H and O–H groups in total. The molecule has 0 bridgehead atoms. The zero-order valence-corrected chi connectivity index (χ0v) is 13.6. The minimum atomic E-state index is -4.09. The van der Waals surface area contributed by atoms with Crippen molar-refractivity contribution in [3.05, 3.63) is 29.3 Å². The van der Waals surface area contributed by atoms with Gasteiger partial charge in [0, 0.05) is 13.1 Å². The van der Waals surface area contributed by atoms with E-state index in [9.17, 15) is 17.2 Å². The van der Waals surface area contributed by atoms with Gasteiger partial charge in [-0.05, 0) is 29.7 Å². The summed E-state index contributed by atoms with van der Waals surface area (Å²) in [4.78, 5) is -0.653. The SMILES string of the molecule is CCNCc1cc(F)c(F)c(S(=O)(=O)NCC(C)(C)C)c1. The molecule has 0 fully saturated rings. The third-order valence-electron chi connectivity index (χ3n) is 2.72. The highest BCUT2D eigenvalue weighted by Gasteiger charge is 2.24. The number of hydrogen-bond donors (Lipinski definition) is 2. The molecule has 0 aliphatic carbocycles. The summed E-state index contributed by atoms with van der Waals surface area (Å²) in [6.45, 7) is 8.44. The summed E-state index contributed by atoms with van der Waals surface area (Å²) in [7, 11) is -4.09. The summed E-state index contributed by atoms with van der Waals surface area (Å²) < 4.78 is 54.0. The second-order valence-corrected chi connectivity index (χ2v) is 7.79. The molecule has 0 atom stereocenters. The van der Waals surface area contributed by atoms with Gasteiger partial charge in [0.2, 0.25) is 10.0 Å². The maximum atomic E-state index is 13.8. The summed E-state index contributed by atoms with van der Waals surface area (Å²) in [5, 5.41) is 2.94. The van der Waals surface area contributed by atoms with Gasteiger partial charge in [-0.2, -0.15) is 0 Å². The zero-order chi connectivity index (χ0) is 16.3. The van der Waals surface area contributed by atoms with Crippen LogP contribution in [0.2, 0.25) is 0 Å². The molecule has 4 nitrogen and oxygen atoms in total. The Morgan fingerprint density at radius 1 is 1.19 bits per heavy atom. The molecule has 0 aromatic heterocycles. The van der Waals surface area contributed by atoms with E-state index in [1.165, 1.54) is 0 Å². The largest absolute Gasteiger partial charge is 0.313 e. The molecule has 120 valence electrons. The predicted octanol–water partition coefficient (Wildman–Crippen LogP) is 2.40. The topological polar surface area (TPSA) is 58.2 Å². The van der Waals surface area contributed by atoms with Crippen molar-refractivity contribution in [2.75, 3.05) is 13.1 Å². The lowest BCUT2D eigenvalue weighted by atomic mass is 9.98. The van der Waals surface area contributed by atoms with Crippen LogP contribution in [-0.4, -0.2) is 21.5 Å². The highest BCUT2D eigenvalue weighted by Crippen LogP contribution is 2.21. The number of nitrogens with one attached hydrogen (secondary N) is 2. The Labute approximate surface area is 125 Å². The van der Waals surface area contributed by atoms with Crippen molar-refractivity contribution in [1.29, 1.82) is 0 Å². The van der Waals surface area contributed by atoms with Gasteiger partial charge in [-0.15, -0.1) is 0 Å². The molecule has 0 radical (unpaired) electrons. The smallest absolute Gasteiger partial charge is 0.243 e. The van der Waals surface area contributed by atoms with Crippen molar-refractivity contribution in [3.63, 3.8) is 0 Å². The molecule has 0 unspecified atom stereocenters. The summed E-state index contributed by atoms with van der Waals surface area (Å²) in [5.74, 6) is -2.52. The standard InChI is InChI=1S/C14H22F2N2O2S/c1-5-17-8-10-6-11(15)13(16)12(7-10)21(19,20)18-9-14(2,3)4/h6-7,17-18H,5,8-9H2,1-4H3. The summed E-state index contributed by atoms with van der Waals surface area (Å²) in [5.41, 5.74) is 0.0793. The van der Waals surface area contributed by atoms with Crippen LogP contribution in [0.1, 0.15) is 33.3 Å². The summed E-state index contributed by atoms with van der Waals surface area (Å²) >= 11 is 0. The molecular formula is C14H22F2N2O2S. The van der Waals surface area contributed by atoms with Crippen molar-refractivity contribution in [3.8, 4) is 0 Å². The van der Waals surface area contributed by atoms with Crippen molar-refractivity contribution >= 4 is 10.0 Å². The van der Waals surface area contributed by atoms with Crippen molar-refractivity contribution in [2.45, 2.75) is 39.1 Å². The van der Waals surface area contributed by atoms with Gasteiger partial charge in [0.15, 0.2) is 11.6 Å². The number of halogens is 2. The number of benzene rings is 1. The Hall–Kier alpha value is -1.05. The molecule has 0 saturated carbocycles. The van der Waals surface area contributed by atoms with E-state index < -0.39 is 26.6 Å². The molecule has 1 rings (SSSR count). The maximum absolute atomic E-state index is 13.8. The van der Waals surface area contributed by atoms with Gasteiger partial charge in [-0.25, -0.2) is 21.9 Å². The third-order valence-corrected chi connectivity index (χ3v) is 4.12. The Bertz CT molecular complexity index is 596. The average molecular weight is 320 g/mol. The quantitative estimate of drug-likeness (QED) is 0.846. The van der Waals surface area contributed by atoms with Crippen molar-refractivity contribution < 1.29 is 17.2 Å². The van der Waals surface area contributed by atoms with E-state index in [2.05, 4.69) is 10.0 Å². The van der Waals surface area contributed by atoms with Gasteiger partial charge < -0.3 is 5.32 Å². The van der Waals surface area contributed by atoms with E-state index in [0.29, 0.717) is 12.1 Å². The fourth-order valence-electron chi connectivity index (χ4n) is 1.57. The van der Waals surface area contributed by atoms with Crippen LogP contribution in [0.15, 0.2) is 17.0 Å². The summed E-state index contributed by atoms with van der Waals surface area (Å²) in [6.07, 6.45) is 0. The van der Waals surface area contributed by atoms with Crippen LogP contribution >= 0.6 is 0 Å². The van der Waals surface area contributed by atoms with Crippen molar-refractivity contribution in [1.82, 2.24) is 10.0 Å². The van der Waals surface area contributed by atoms with Gasteiger partial charge in [-0.3, -0.25) is 0 Å². The molecule has 0 aliphatic heterocycles. The molecule has 1 aromatic carbocycles. The normalized spacial score (nSPS) is 12.7. The molecule has 0 spiro atoms. The van der Waals surface area contributed by atoms with Gasteiger partial charge in [0.25, 0.3) is 0 Å². The predicted molar refractivity (Wildman–Crippen MR) is 78.4 cm³/mol. The molecule has 0 amide bonds. The van der Waals surface area contributed by atoms with Gasteiger partial charge in [0.1, 0.15) is 4.90 Å². The van der Waals surface area contributed by atoms with E-state index in [1.807, 2.05) is 27.7 Å². The fourth-order valence-corrected chi connectivity index (χ4v) is 2.99. The molecule has 0 saturated heterocycles. The number of sulfonamides is 1. The lowest BCUT2D eigenvalue weighted by Crippen LogP contribution is -2.33. The molecule has 0 heterocycles. The minimum absolute atomic E-state index is 0.133. The van der Waals surface area contributed by atoms with Crippen LogP contribution in [0, 0.1) is 17.0 Å². The number of hydrogen-bond acceptors (Lipinski definition) is 3. The van der Waals surface area contributed by atoms with E-state index in [-0.39, 0.29) is 18.5 Å². The second kappa shape index (κ2) is 6.81. The number of rotatable bonds is 6. The van der Waals surface area contributed by atoms with E-state index in [1.54, 1.807) is 0 Å².